The molecule has 0 aliphatic heterocycles. The van der Waals surface area contributed by atoms with Gasteiger partial charge >= 0.3 is 0 Å². The number of nitro groups is 1. The molecule has 0 aliphatic rings. The lowest BCUT2D eigenvalue weighted by atomic mass is 10.1. The second kappa shape index (κ2) is 9.39. The van der Waals surface area contributed by atoms with Gasteiger partial charge in [-0.1, -0.05) is 36.0 Å². The summed E-state index contributed by atoms with van der Waals surface area (Å²) in [6.45, 7) is 0. The predicted molar refractivity (Wildman–Crippen MR) is 131 cm³/mol. The molecule has 0 aliphatic carbocycles. The van der Waals surface area contributed by atoms with Crippen LogP contribution in [0.25, 0.3) is 28.0 Å². The van der Waals surface area contributed by atoms with Crippen molar-refractivity contribution in [3.63, 3.8) is 0 Å². The number of fused-ring (bicyclic) bond motifs is 1. The Morgan fingerprint density at radius 3 is 2.69 bits per heavy atom. The molecule has 2 aromatic heterocycles. The van der Waals surface area contributed by atoms with Gasteiger partial charge in [-0.05, 0) is 36.4 Å². The summed E-state index contributed by atoms with van der Waals surface area (Å²) in [5, 5.41) is 23.7. The molecular weight excluding hydrogens is 471 g/mol. The highest BCUT2D eigenvalue weighted by Gasteiger charge is 2.20. The number of hydrogen-bond acceptors (Lipinski definition) is 6. The lowest BCUT2D eigenvalue weighted by Crippen LogP contribution is -2.14. The fourth-order valence-electron chi connectivity index (χ4n) is 3.64. The highest BCUT2D eigenvalue weighted by atomic mass is 32.2. The van der Waals surface area contributed by atoms with Crippen molar-refractivity contribution in [1.29, 1.82) is 0 Å². The second-order valence-electron chi connectivity index (χ2n) is 7.51. The molecule has 11 heteroatoms. The molecule has 1 amide bonds. The van der Waals surface area contributed by atoms with E-state index in [-0.39, 0.29) is 23.2 Å². The first-order valence-corrected chi connectivity index (χ1v) is 11.4. The van der Waals surface area contributed by atoms with Crippen molar-refractivity contribution in [3.05, 3.63) is 94.9 Å². The SMILES string of the molecule is O=C(CSc1nnc(-c2c[nH]c3ccccc23)n1-c1ccc(F)cc1)Nc1cccc([N+](=O)[O-])c1. The Bertz CT molecular complexity index is 1550. The summed E-state index contributed by atoms with van der Waals surface area (Å²) >= 11 is 1.15. The Morgan fingerprint density at radius 2 is 1.89 bits per heavy atom. The van der Waals surface area contributed by atoms with Gasteiger partial charge < -0.3 is 10.3 Å². The summed E-state index contributed by atoms with van der Waals surface area (Å²) < 4.78 is 15.4. The number of anilines is 1. The summed E-state index contributed by atoms with van der Waals surface area (Å²) in [7, 11) is 0. The van der Waals surface area contributed by atoms with Crippen molar-refractivity contribution < 1.29 is 14.1 Å². The van der Waals surface area contributed by atoms with Gasteiger partial charge in [-0.3, -0.25) is 19.5 Å². The first kappa shape index (κ1) is 22.3. The van der Waals surface area contributed by atoms with E-state index >= 15 is 0 Å². The molecule has 0 radical (unpaired) electrons. The molecular formula is C24H17FN6O3S. The van der Waals surface area contributed by atoms with Gasteiger partial charge in [0, 0.05) is 46.2 Å². The Hall–Kier alpha value is -4.51. The summed E-state index contributed by atoms with van der Waals surface area (Å²) in [6, 6.07) is 19.4. The molecule has 5 aromatic rings. The number of nitro benzene ring substituents is 1. The average molecular weight is 489 g/mol. The minimum absolute atomic E-state index is 0.0180. The minimum Gasteiger partial charge on any atom is -0.360 e. The highest BCUT2D eigenvalue weighted by Crippen LogP contribution is 2.32. The number of hydrogen-bond donors (Lipinski definition) is 2. The number of halogens is 1. The maximum Gasteiger partial charge on any atom is 0.271 e. The first-order valence-electron chi connectivity index (χ1n) is 10.4. The van der Waals surface area contributed by atoms with E-state index in [4.69, 9.17) is 0 Å². The number of non-ortho nitro benzene ring substituents is 1. The van der Waals surface area contributed by atoms with E-state index in [0.717, 1.165) is 28.2 Å². The summed E-state index contributed by atoms with van der Waals surface area (Å²) in [5.41, 5.74) is 2.59. The van der Waals surface area contributed by atoms with Gasteiger partial charge in [0.05, 0.1) is 10.7 Å². The number of benzene rings is 3. The van der Waals surface area contributed by atoms with Crippen LogP contribution in [0.4, 0.5) is 15.8 Å². The van der Waals surface area contributed by atoms with E-state index in [1.165, 1.54) is 30.3 Å². The van der Waals surface area contributed by atoms with E-state index in [2.05, 4.69) is 20.5 Å². The topological polar surface area (TPSA) is 119 Å². The summed E-state index contributed by atoms with van der Waals surface area (Å²) in [6.07, 6.45) is 1.83. The third-order valence-electron chi connectivity index (χ3n) is 5.22. The second-order valence-corrected chi connectivity index (χ2v) is 8.45. The van der Waals surface area contributed by atoms with Crippen LogP contribution in [0.15, 0.2) is 84.1 Å². The molecule has 0 bridgehead atoms. The molecule has 0 saturated carbocycles. The number of rotatable bonds is 7. The van der Waals surface area contributed by atoms with Crippen molar-refractivity contribution in [1.82, 2.24) is 19.7 Å². The Labute approximate surface area is 202 Å². The van der Waals surface area contributed by atoms with Crippen molar-refractivity contribution in [2.75, 3.05) is 11.1 Å². The smallest absolute Gasteiger partial charge is 0.271 e. The third kappa shape index (κ3) is 4.62. The van der Waals surface area contributed by atoms with E-state index in [1.54, 1.807) is 22.8 Å². The monoisotopic (exact) mass is 488 g/mol. The largest absolute Gasteiger partial charge is 0.360 e. The van der Waals surface area contributed by atoms with E-state index in [0.29, 0.717) is 22.4 Å². The fourth-order valence-corrected chi connectivity index (χ4v) is 4.39. The number of H-pyrrole nitrogens is 1. The van der Waals surface area contributed by atoms with Gasteiger partial charge in [-0.2, -0.15) is 0 Å². The van der Waals surface area contributed by atoms with Gasteiger partial charge in [0.15, 0.2) is 11.0 Å². The molecule has 9 nitrogen and oxygen atoms in total. The van der Waals surface area contributed by atoms with Crippen molar-refractivity contribution in [3.8, 4) is 17.1 Å². The van der Waals surface area contributed by atoms with Gasteiger partial charge in [0.25, 0.3) is 5.69 Å². The third-order valence-corrected chi connectivity index (χ3v) is 6.15. The van der Waals surface area contributed by atoms with Crippen LogP contribution < -0.4 is 5.32 Å². The molecule has 2 heterocycles. The van der Waals surface area contributed by atoms with Crippen molar-refractivity contribution in [2.24, 2.45) is 0 Å². The molecule has 0 atom stereocenters. The standard InChI is InChI=1S/C24H17FN6O3S/c25-15-8-10-17(11-9-15)30-23(20-13-26-21-7-2-1-6-19(20)21)28-29-24(30)35-14-22(32)27-16-4-3-5-18(12-16)31(33)34/h1-13,26H,14H2,(H,27,32). The Morgan fingerprint density at radius 1 is 1.09 bits per heavy atom. The van der Waals surface area contributed by atoms with Crippen LogP contribution in [0.5, 0.6) is 0 Å². The van der Waals surface area contributed by atoms with Crippen LogP contribution >= 0.6 is 11.8 Å². The molecule has 0 saturated heterocycles. The zero-order chi connectivity index (χ0) is 24.4. The average Bonchev–Trinajstić information content (AvgIpc) is 3.47. The molecule has 2 N–H and O–H groups in total. The minimum atomic E-state index is -0.526. The fraction of sp³-hybridized carbons (Fsp3) is 0.0417. The van der Waals surface area contributed by atoms with E-state index in [1.807, 2.05) is 30.5 Å². The number of para-hydroxylation sites is 1. The first-order chi connectivity index (χ1) is 17.0. The summed E-state index contributed by atoms with van der Waals surface area (Å²) in [5.74, 6) is -0.218. The molecule has 174 valence electrons. The lowest BCUT2D eigenvalue weighted by Gasteiger charge is -2.10. The maximum absolute atomic E-state index is 13.6. The molecule has 0 fully saturated rings. The molecule has 0 unspecified atom stereocenters. The zero-order valence-electron chi connectivity index (χ0n) is 18.0. The van der Waals surface area contributed by atoms with Gasteiger partial charge in [-0.15, -0.1) is 10.2 Å². The van der Waals surface area contributed by atoms with Gasteiger partial charge in [0.1, 0.15) is 5.82 Å². The molecule has 35 heavy (non-hydrogen) atoms. The van der Waals surface area contributed by atoms with E-state index < -0.39 is 4.92 Å². The molecule has 0 spiro atoms. The highest BCUT2D eigenvalue weighted by molar-refractivity contribution is 7.99. The number of aromatic amines is 1. The quantitative estimate of drug-likeness (QED) is 0.185. The van der Waals surface area contributed by atoms with Crippen LogP contribution in [0.1, 0.15) is 0 Å². The van der Waals surface area contributed by atoms with Crippen LogP contribution in [-0.2, 0) is 4.79 Å². The number of nitrogens with zero attached hydrogens (tertiary/aromatic N) is 4. The van der Waals surface area contributed by atoms with E-state index in [9.17, 15) is 19.3 Å². The number of carbonyl (C=O) groups excluding carboxylic acids is 1. The number of amides is 1. The number of thioether (sulfide) groups is 1. The van der Waals surface area contributed by atoms with Crippen molar-refractivity contribution in [2.45, 2.75) is 5.16 Å². The Balaban J connectivity index is 1.44. The summed E-state index contributed by atoms with van der Waals surface area (Å²) in [4.78, 5) is 26.2. The van der Waals surface area contributed by atoms with Crippen LogP contribution in [0.3, 0.4) is 0 Å². The maximum atomic E-state index is 13.6. The number of carbonyl (C=O) groups is 1. The van der Waals surface area contributed by atoms with Crippen LogP contribution in [0, 0.1) is 15.9 Å². The van der Waals surface area contributed by atoms with Crippen LogP contribution in [-0.4, -0.2) is 36.3 Å². The lowest BCUT2D eigenvalue weighted by molar-refractivity contribution is -0.384. The van der Waals surface area contributed by atoms with Gasteiger partial charge in [-0.25, -0.2) is 4.39 Å². The van der Waals surface area contributed by atoms with Crippen LogP contribution in [0.2, 0.25) is 0 Å². The van der Waals surface area contributed by atoms with Crippen molar-refractivity contribution >= 4 is 39.9 Å². The number of aromatic nitrogens is 4. The number of nitrogens with one attached hydrogen (secondary N) is 2. The molecule has 5 rings (SSSR count). The zero-order valence-corrected chi connectivity index (χ0v) is 18.8. The Kier molecular flexibility index (Phi) is 5.98. The molecule has 3 aromatic carbocycles. The normalized spacial score (nSPS) is 11.0. The predicted octanol–water partition coefficient (Wildman–Crippen LogP) is 5.19. The van der Waals surface area contributed by atoms with Gasteiger partial charge in [0.2, 0.25) is 5.91 Å².